The second kappa shape index (κ2) is 7.38. The van der Waals surface area contributed by atoms with E-state index in [2.05, 4.69) is 39.1 Å². The van der Waals surface area contributed by atoms with Crippen molar-refractivity contribution in [3.8, 4) is 11.5 Å². The molecule has 1 aromatic carbocycles. The maximum Gasteiger partial charge on any atom is 0.161 e. The second-order valence-corrected chi connectivity index (χ2v) is 6.92. The number of hydrogen-bond donors (Lipinski definition) is 1. The number of likely N-dealkylation sites (tertiary alicyclic amines) is 1. The Bertz CT molecular complexity index is 857. The summed E-state index contributed by atoms with van der Waals surface area (Å²) in [7, 11) is 3.35. The molecule has 0 aliphatic carbocycles. The molecule has 1 aliphatic rings. The monoisotopic (exact) mass is 351 g/mol. The highest BCUT2D eigenvalue weighted by atomic mass is 16.5. The molecule has 5 heteroatoms. The Morgan fingerprint density at radius 1 is 1.15 bits per heavy atom. The number of rotatable bonds is 5. The maximum absolute atomic E-state index is 5.43. The molecule has 1 atom stereocenters. The van der Waals surface area contributed by atoms with Crippen LogP contribution in [-0.4, -0.2) is 42.2 Å². The van der Waals surface area contributed by atoms with Gasteiger partial charge in [0, 0.05) is 30.9 Å². The molecule has 4 rings (SSSR count). The van der Waals surface area contributed by atoms with Crippen molar-refractivity contribution in [2.24, 2.45) is 0 Å². The molecular formula is C21H25N3O2. The Labute approximate surface area is 153 Å². The summed E-state index contributed by atoms with van der Waals surface area (Å²) in [5, 5.41) is 0. The molecule has 1 N–H and O–H groups in total. The number of benzene rings is 1. The lowest BCUT2D eigenvalue weighted by Gasteiger charge is -2.32. The van der Waals surface area contributed by atoms with E-state index in [9.17, 15) is 0 Å². The highest BCUT2D eigenvalue weighted by Gasteiger charge is 2.23. The summed E-state index contributed by atoms with van der Waals surface area (Å²) in [6.45, 7) is 3.11. The summed E-state index contributed by atoms with van der Waals surface area (Å²) in [5.41, 5.74) is 4.73. The van der Waals surface area contributed by atoms with Gasteiger partial charge in [0.1, 0.15) is 0 Å². The molecule has 0 spiro atoms. The molecule has 5 nitrogen and oxygen atoms in total. The molecule has 2 aromatic heterocycles. The van der Waals surface area contributed by atoms with Gasteiger partial charge in [0.2, 0.25) is 0 Å². The number of fused-ring (bicyclic) bond motifs is 1. The minimum atomic E-state index is 0.526. The summed E-state index contributed by atoms with van der Waals surface area (Å²) in [6.07, 6.45) is 4.28. The molecule has 0 radical (unpaired) electrons. The lowest BCUT2D eigenvalue weighted by molar-refractivity contribution is 0.198. The van der Waals surface area contributed by atoms with Crippen molar-refractivity contribution >= 4 is 11.0 Å². The summed E-state index contributed by atoms with van der Waals surface area (Å²) in [6, 6.07) is 12.5. The van der Waals surface area contributed by atoms with E-state index in [1.165, 1.54) is 24.1 Å². The zero-order valence-corrected chi connectivity index (χ0v) is 15.4. The first kappa shape index (κ1) is 16.9. The largest absolute Gasteiger partial charge is 0.493 e. The first-order chi connectivity index (χ1) is 12.8. The molecule has 3 heterocycles. The van der Waals surface area contributed by atoms with E-state index < -0.39 is 0 Å². The minimum Gasteiger partial charge on any atom is -0.493 e. The molecule has 0 saturated carbocycles. The highest BCUT2D eigenvalue weighted by Crippen LogP contribution is 2.31. The van der Waals surface area contributed by atoms with Crippen LogP contribution in [0.5, 0.6) is 11.5 Å². The van der Waals surface area contributed by atoms with Crippen LogP contribution >= 0.6 is 0 Å². The van der Waals surface area contributed by atoms with Crippen LogP contribution in [0.3, 0.4) is 0 Å². The molecule has 1 unspecified atom stereocenters. The van der Waals surface area contributed by atoms with Gasteiger partial charge in [-0.25, -0.2) is 0 Å². The number of pyridine rings is 1. The van der Waals surface area contributed by atoms with Gasteiger partial charge in [-0.15, -0.1) is 0 Å². The van der Waals surface area contributed by atoms with Gasteiger partial charge in [-0.05, 0) is 55.3 Å². The van der Waals surface area contributed by atoms with Crippen LogP contribution in [0.15, 0.2) is 42.6 Å². The van der Waals surface area contributed by atoms with Crippen LogP contribution in [0.25, 0.3) is 11.0 Å². The van der Waals surface area contributed by atoms with E-state index in [4.69, 9.17) is 9.47 Å². The van der Waals surface area contributed by atoms with Crippen LogP contribution < -0.4 is 9.47 Å². The zero-order chi connectivity index (χ0) is 17.9. The fourth-order valence-electron chi connectivity index (χ4n) is 3.89. The summed E-state index contributed by atoms with van der Waals surface area (Å²) in [5.74, 6) is 2.09. The summed E-state index contributed by atoms with van der Waals surface area (Å²) in [4.78, 5) is 10.5. The molecule has 0 amide bonds. The van der Waals surface area contributed by atoms with Crippen molar-refractivity contribution in [1.29, 1.82) is 0 Å². The first-order valence-corrected chi connectivity index (χ1v) is 9.13. The van der Waals surface area contributed by atoms with Gasteiger partial charge in [0.05, 0.1) is 25.3 Å². The molecule has 1 saturated heterocycles. The van der Waals surface area contributed by atoms with Crippen molar-refractivity contribution in [3.05, 3.63) is 53.9 Å². The molecule has 136 valence electrons. The SMILES string of the molecule is COc1ccc(CN2CCCC(c3cc4ncccc4[nH]3)C2)cc1OC. The van der Waals surface area contributed by atoms with Crippen LogP contribution in [0.4, 0.5) is 0 Å². The smallest absolute Gasteiger partial charge is 0.161 e. The van der Waals surface area contributed by atoms with Gasteiger partial charge in [0.25, 0.3) is 0 Å². The van der Waals surface area contributed by atoms with Gasteiger partial charge in [0.15, 0.2) is 11.5 Å². The lowest BCUT2D eigenvalue weighted by Crippen LogP contribution is -2.34. The van der Waals surface area contributed by atoms with E-state index >= 15 is 0 Å². The van der Waals surface area contributed by atoms with Gasteiger partial charge in [-0.2, -0.15) is 0 Å². The van der Waals surface area contributed by atoms with Crippen LogP contribution in [0, 0.1) is 0 Å². The third-order valence-electron chi connectivity index (χ3n) is 5.21. The van der Waals surface area contributed by atoms with Crippen molar-refractivity contribution in [2.75, 3.05) is 27.3 Å². The Hall–Kier alpha value is -2.53. The minimum absolute atomic E-state index is 0.526. The number of ether oxygens (including phenoxy) is 2. The third kappa shape index (κ3) is 3.40. The number of hydrogen-bond acceptors (Lipinski definition) is 4. The van der Waals surface area contributed by atoms with Crippen LogP contribution in [0.1, 0.15) is 30.0 Å². The van der Waals surface area contributed by atoms with E-state index in [1.807, 2.05) is 18.3 Å². The number of aromatic nitrogens is 2. The van der Waals surface area contributed by atoms with Gasteiger partial charge < -0.3 is 14.5 Å². The average Bonchev–Trinajstić information content (AvgIpc) is 3.12. The van der Waals surface area contributed by atoms with Crippen molar-refractivity contribution in [1.82, 2.24) is 14.9 Å². The average molecular weight is 351 g/mol. The topological polar surface area (TPSA) is 50.4 Å². The molecule has 3 aromatic rings. The first-order valence-electron chi connectivity index (χ1n) is 9.13. The highest BCUT2D eigenvalue weighted by molar-refractivity contribution is 5.75. The van der Waals surface area contributed by atoms with Gasteiger partial charge in [-0.1, -0.05) is 6.07 Å². The van der Waals surface area contributed by atoms with Crippen LogP contribution in [-0.2, 0) is 6.54 Å². The number of aromatic amines is 1. The molecular weight excluding hydrogens is 326 g/mol. The number of nitrogens with one attached hydrogen (secondary N) is 1. The molecule has 1 aliphatic heterocycles. The predicted molar refractivity (Wildman–Crippen MR) is 103 cm³/mol. The fraction of sp³-hybridized carbons (Fsp3) is 0.381. The molecule has 26 heavy (non-hydrogen) atoms. The second-order valence-electron chi connectivity index (χ2n) is 6.92. The summed E-state index contributed by atoms with van der Waals surface area (Å²) < 4.78 is 10.8. The normalized spacial score (nSPS) is 18.2. The Morgan fingerprint density at radius 2 is 2.04 bits per heavy atom. The van der Waals surface area contributed by atoms with Gasteiger partial charge in [-0.3, -0.25) is 9.88 Å². The molecule has 0 bridgehead atoms. The van der Waals surface area contributed by atoms with E-state index in [-0.39, 0.29) is 0 Å². The van der Waals surface area contributed by atoms with Crippen LogP contribution in [0.2, 0.25) is 0 Å². The standard InChI is InChI=1S/C21H25N3O2/c1-25-20-8-7-15(11-21(20)26-2)13-24-10-4-5-16(14-24)18-12-19-17(23-18)6-3-9-22-19/h3,6-9,11-12,16,23H,4-5,10,13-14H2,1-2H3. The summed E-state index contributed by atoms with van der Waals surface area (Å²) >= 11 is 0. The van der Waals surface area contributed by atoms with Crippen molar-refractivity contribution < 1.29 is 9.47 Å². The van der Waals surface area contributed by atoms with Crippen molar-refractivity contribution in [3.63, 3.8) is 0 Å². The number of H-pyrrole nitrogens is 1. The number of piperidine rings is 1. The third-order valence-corrected chi connectivity index (χ3v) is 5.21. The zero-order valence-electron chi connectivity index (χ0n) is 15.4. The maximum atomic E-state index is 5.43. The number of nitrogens with zero attached hydrogens (tertiary/aromatic N) is 2. The predicted octanol–water partition coefficient (Wildman–Crippen LogP) is 3.96. The number of methoxy groups -OCH3 is 2. The fourth-order valence-corrected chi connectivity index (χ4v) is 3.89. The Balaban J connectivity index is 1.48. The lowest BCUT2D eigenvalue weighted by atomic mass is 9.94. The van der Waals surface area contributed by atoms with E-state index in [0.29, 0.717) is 5.92 Å². The van der Waals surface area contributed by atoms with Crippen molar-refractivity contribution in [2.45, 2.75) is 25.3 Å². The Kier molecular flexibility index (Phi) is 4.80. The van der Waals surface area contributed by atoms with E-state index in [1.54, 1.807) is 14.2 Å². The molecule has 1 fully saturated rings. The Morgan fingerprint density at radius 3 is 2.85 bits per heavy atom. The quantitative estimate of drug-likeness (QED) is 0.756. The van der Waals surface area contributed by atoms with E-state index in [0.717, 1.165) is 42.2 Å². The van der Waals surface area contributed by atoms with Gasteiger partial charge >= 0.3 is 0 Å².